The van der Waals surface area contributed by atoms with E-state index in [-0.39, 0.29) is 24.2 Å². The highest BCUT2D eigenvalue weighted by atomic mass is 16.2. The second-order valence-corrected chi connectivity index (χ2v) is 7.31. The van der Waals surface area contributed by atoms with Crippen LogP contribution in [0.15, 0.2) is 48.5 Å². The van der Waals surface area contributed by atoms with Crippen molar-refractivity contribution in [2.75, 3.05) is 30.9 Å². The lowest BCUT2D eigenvalue weighted by molar-refractivity contribution is -0.122. The van der Waals surface area contributed by atoms with Crippen LogP contribution in [-0.4, -0.2) is 37.4 Å². The number of anilines is 2. The minimum atomic E-state index is -0.337. The summed E-state index contributed by atoms with van der Waals surface area (Å²) >= 11 is 0. The second-order valence-electron chi connectivity index (χ2n) is 7.31. The van der Waals surface area contributed by atoms with Gasteiger partial charge in [-0.25, -0.2) is 0 Å². The molecular weight excluding hydrogens is 338 g/mol. The van der Waals surface area contributed by atoms with Gasteiger partial charge in [-0.15, -0.1) is 0 Å². The van der Waals surface area contributed by atoms with E-state index in [0.29, 0.717) is 6.54 Å². The fourth-order valence-electron chi connectivity index (χ4n) is 3.40. The summed E-state index contributed by atoms with van der Waals surface area (Å²) < 4.78 is 0. The number of amides is 2. The van der Waals surface area contributed by atoms with Gasteiger partial charge < -0.3 is 15.1 Å². The van der Waals surface area contributed by atoms with Crippen LogP contribution in [0.1, 0.15) is 24.5 Å². The standard InChI is InChI=1S/C22H27N3O2/c1-4-16-9-11-19(12-10-16)25-15-18(13-21(25)26)22(27)23-20-8-6-5-7-17(20)14-24(2)3/h5-12,18H,4,13-15H2,1-3H3,(H,23,27). The van der Waals surface area contributed by atoms with Crippen LogP contribution < -0.4 is 10.2 Å². The maximum absolute atomic E-state index is 12.8. The number of aryl methyl sites for hydroxylation is 1. The van der Waals surface area contributed by atoms with Crippen molar-refractivity contribution in [1.82, 2.24) is 4.90 Å². The maximum atomic E-state index is 12.8. The van der Waals surface area contributed by atoms with Crippen molar-refractivity contribution in [3.63, 3.8) is 0 Å². The molecule has 1 N–H and O–H groups in total. The molecule has 2 amide bonds. The number of carbonyl (C=O) groups is 2. The summed E-state index contributed by atoms with van der Waals surface area (Å²) in [4.78, 5) is 29.0. The molecule has 0 radical (unpaired) electrons. The zero-order valence-electron chi connectivity index (χ0n) is 16.2. The van der Waals surface area contributed by atoms with E-state index in [0.717, 1.165) is 29.9 Å². The van der Waals surface area contributed by atoms with Crippen LogP contribution in [0.3, 0.4) is 0 Å². The molecule has 5 heteroatoms. The van der Waals surface area contributed by atoms with E-state index in [2.05, 4.69) is 17.1 Å². The van der Waals surface area contributed by atoms with Crippen LogP contribution in [0.4, 0.5) is 11.4 Å². The molecule has 142 valence electrons. The van der Waals surface area contributed by atoms with Crippen LogP contribution in [0.25, 0.3) is 0 Å². The number of carbonyl (C=O) groups excluding carboxylic acids is 2. The van der Waals surface area contributed by atoms with Gasteiger partial charge in [0.25, 0.3) is 0 Å². The largest absolute Gasteiger partial charge is 0.325 e. The van der Waals surface area contributed by atoms with Crippen molar-refractivity contribution in [2.24, 2.45) is 5.92 Å². The average Bonchev–Trinajstić information content (AvgIpc) is 3.05. The molecule has 2 aromatic rings. The zero-order chi connectivity index (χ0) is 19.4. The first kappa shape index (κ1) is 19.1. The van der Waals surface area contributed by atoms with Gasteiger partial charge in [-0.05, 0) is 49.8 Å². The molecular formula is C22H27N3O2. The minimum Gasteiger partial charge on any atom is -0.325 e. The molecule has 0 spiro atoms. The van der Waals surface area contributed by atoms with Gasteiger partial charge in [0.05, 0.1) is 5.92 Å². The van der Waals surface area contributed by atoms with Gasteiger partial charge in [-0.2, -0.15) is 0 Å². The summed E-state index contributed by atoms with van der Waals surface area (Å²) in [5, 5.41) is 3.02. The molecule has 1 aliphatic rings. The smallest absolute Gasteiger partial charge is 0.229 e. The van der Waals surface area contributed by atoms with E-state index in [1.807, 2.05) is 62.6 Å². The number of para-hydroxylation sites is 1. The van der Waals surface area contributed by atoms with E-state index in [1.54, 1.807) is 4.90 Å². The monoisotopic (exact) mass is 365 g/mol. The quantitative estimate of drug-likeness (QED) is 0.855. The fraction of sp³-hybridized carbons (Fsp3) is 0.364. The summed E-state index contributed by atoms with van der Waals surface area (Å²) in [5.41, 5.74) is 3.97. The molecule has 1 atom stereocenters. The Balaban J connectivity index is 1.69. The second kappa shape index (κ2) is 8.35. The molecule has 1 aliphatic heterocycles. The van der Waals surface area contributed by atoms with Crippen molar-refractivity contribution < 1.29 is 9.59 Å². The lowest BCUT2D eigenvalue weighted by atomic mass is 10.1. The molecule has 1 unspecified atom stereocenters. The third-order valence-corrected chi connectivity index (χ3v) is 4.91. The highest BCUT2D eigenvalue weighted by Gasteiger charge is 2.35. The molecule has 1 saturated heterocycles. The highest BCUT2D eigenvalue weighted by Crippen LogP contribution is 2.27. The van der Waals surface area contributed by atoms with E-state index < -0.39 is 0 Å². The Hall–Kier alpha value is -2.66. The number of benzene rings is 2. The van der Waals surface area contributed by atoms with Crippen molar-refractivity contribution in [3.8, 4) is 0 Å². The van der Waals surface area contributed by atoms with Crippen LogP contribution >= 0.6 is 0 Å². The SMILES string of the molecule is CCc1ccc(N2CC(C(=O)Nc3ccccc3CN(C)C)CC2=O)cc1. The molecule has 0 aliphatic carbocycles. The normalized spacial score (nSPS) is 16.8. The number of rotatable bonds is 6. The predicted octanol–water partition coefficient (Wildman–Crippen LogP) is 3.30. The Morgan fingerprint density at radius 3 is 2.52 bits per heavy atom. The molecule has 0 bridgehead atoms. The molecule has 1 heterocycles. The maximum Gasteiger partial charge on any atom is 0.229 e. The van der Waals surface area contributed by atoms with Gasteiger partial charge in [-0.3, -0.25) is 9.59 Å². The van der Waals surface area contributed by atoms with Gasteiger partial charge in [0.1, 0.15) is 0 Å². The summed E-state index contributed by atoms with van der Waals surface area (Å²) in [6.07, 6.45) is 1.21. The first-order chi connectivity index (χ1) is 13.0. The lowest BCUT2D eigenvalue weighted by Crippen LogP contribution is -2.28. The number of nitrogens with zero attached hydrogens (tertiary/aromatic N) is 2. The van der Waals surface area contributed by atoms with E-state index in [1.165, 1.54) is 5.56 Å². The van der Waals surface area contributed by atoms with Gasteiger partial charge >= 0.3 is 0 Å². The Labute approximate surface area is 161 Å². The van der Waals surface area contributed by atoms with Crippen LogP contribution in [0.5, 0.6) is 0 Å². The van der Waals surface area contributed by atoms with Gasteiger partial charge in [-0.1, -0.05) is 37.3 Å². The minimum absolute atomic E-state index is 0.000903. The Morgan fingerprint density at radius 2 is 1.85 bits per heavy atom. The Kier molecular flexibility index (Phi) is 5.91. The summed E-state index contributed by atoms with van der Waals surface area (Å²) in [6, 6.07) is 15.8. The van der Waals surface area contributed by atoms with E-state index >= 15 is 0 Å². The predicted molar refractivity (Wildman–Crippen MR) is 109 cm³/mol. The Bertz CT molecular complexity index is 815. The number of nitrogens with one attached hydrogen (secondary N) is 1. The van der Waals surface area contributed by atoms with Crippen LogP contribution in [-0.2, 0) is 22.6 Å². The van der Waals surface area contributed by atoms with E-state index in [9.17, 15) is 9.59 Å². The number of hydrogen-bond donors (Lipinski definition) is 1. The van der Waals surface area contributed by atoms with Crippen LogP contribution in [0, 0.1) is 5.92 Å². The third kappa shape index (κ3) is 4.55. The molecule has 2 aromatic carbocycles. The summed E-state index contributed by atoms with van der Waals surface area (Å²) in [7, 11) is 3.99. The van der Waals surface area contributed by atoms with Crippen molar-refractivity contribution in [3.05, 3.63) is 59.7 Å². The van der Waals surface area contributed by atoms with Crippen LogP contribution in [0.2, 0.25) is 0 Å². The van der Waals surface area contributed by atoms with Crippen molar-refractivity contribution in [2.45, 2.75) is 26.3 Å². The molecule has 0 aromatic heterocycles. The third-order valence-electron chi connectivity index (χ3n) is 4.91. The first-order valence-electron chi connectivity index (χ1n) is 9.40. The summed E-state index contributed by atoms with van der Waals surface area (Å²) in [6.45, 7) is 3.27. The van der Waals surface area contributed by atoms with E-state index in [4.69, 9.17) is 0 Å². The van der Waals surface area contributed by atoms with Gasteiger partial charge in [0.15, 0.2) is 0 Å². The zero-order valence-corrected chi connectivity index (χ0v) is 16.2. The first-order valence-corrected chi connectivity index (χ1v) is 9.40. The molecule has 27 heavy (non-hydrogen) atoms. The van der Waals surface area contributed by atoms with Crippen molar-refractivity contribution in [1.29, 1.82) is 0 Å². The summed E-state index contributed by atoms with van der Waals surface area (Å²) in [5.74, 6) is -0.432. The molecule has 0 saturated carbocycles. The van der Waals surface area contributed by atoms with Crippen molar-refractivity contribution >= 4 is 23.2 Å². The molecule has 5 nitrogen and oxygen atoms in total. The Morgan fingerprint density at radius 1 is 1.15 bits per heavy atom. The average molecular weight is 365 g/mol. The molecule has 3 rings (SSSR count). The number of hydrogen-bond acceptors (Lipinski definition) is 3. The molecule has 1 fully saturated rings. The van der Waals surface area contributed by atoms with Gasteiger partial charge in [0, 0.05) is 30.9 Å². The fourth-order valence-corrected chi connectivity index (χ4v) is 3.40. The highest BCUT2D eigenvalue weighted by molar-refractivity contribution is 6.03. The topological polar surface area (TPSA) is 52.7 Å². The lowest BCUT2D eigenvalue weighted by Gasteiger charge is -2.18. The van der Waals surface area contributed by atoms with Gasteiger partial charge in [0.2, 0.25) is 11.8 Å².